The predicted octanol–water partition coefficient (Wildman–Crippen LogP) is 1.66. The summed E-state index contributed by atoms with van der Waals surface area (Å²) in [6, 6.07) is 3.77. The van der Waals surface area contributed by atoms with Gasteiger partial charge in [0.05, 0.1) is 22.9 Å². The lowest BCUT2D eigenvalue weighted by molar-refractivity contribution is 1.08. The van der Waals surface area contributed by atoms with E-state index in [0.29, 0.717) is 0 Å². The van der Waals surface area contributed by atoms with Gasteiger partial charge in [0.1, 0.15) is 0 Å². The third-order valence-electron chi connectivity index (χ3n) is 1.40. The second-order valence-electron chi connectivity index (χ2n) is 2.24. The average molecular weight is 249 g/mol. The lowest BCUT2D eigenvalue weighted by Gasteiger charge is -1.99. The molecule has 0 unspecified atom stereocenters. The molecule has 2 nitrogen and oxygen atoms in total. The van der Waals surface area contributed by atoms with Crippen LogP contribution < -0.4 is 5.56 Å². The standard InChI is InChI=1S/C7H8INO/c1-5-3-4-6(2)9(8)7(5)10/h3-4H,1-2H3. The molecule has 0 aromatic carbocycles. The third kappa shape index (κ3) is 1.23. The summed E-state index contributed by atoms with van der Waals surface area (Å²) in [5, 5.41) is 0. The molecule has 10 heavy (non-hydrogen) atoms. The molecule has 0 atom stereocenters. The molecule has 0 saturated carbocycles. The minimum absolute atomic E-state index is 0.0839. The zero-order valence-corrected chi connectivity index (χ0v) is 8.05. The second-order valence-corrected chi connectivity index (χ2v) is 3.21. The van der Waals surface area contributed by atoms with Crippen LogP contribution >= 0.6 is 22.9 Å². The molecule has 0 aliphatic carbocycles. The van der Waals surface area contributed by atoms with Crippen LogP contribution in [0.15, 0.2) is 16.9 Å². The van der Waals surface area contributed by atoms with Gasteiger partial charge in [-0.3, -0.25) is 7.58 Å². The van der Waals surface area contributed by atoms with Gasteiger partial charge in [-0.1, -0.05) is 6.07 Å². The highest BCUT2D eigenvalue weighted by molar-refractivity contribution is 14.1. The predicted molar refractivity (Wildman–Crippen MR) is 49.6 cm³/mol. The maximum Gasteiger partial charge on any atom is 0.262 e. The summed E-state index contributed by atoms with van der Waals surface area (Å²) in [5.41, 5.74) is 1.86. The Kier molecular flexibility index (Phi) is 2.13. The number of aromatic nitrogens is 1. The zero-order chi connectivity index (χ0) is 7.72. The first-order valence-corrected chi connectivity index (χ1v) is 3.95. The van der Waals surface area contributed by atoms with E-state index in [9.17, 15) is 4.79 Å². The highest BCUT2D eigenvalue weighted by Crippen LogP contribution is 1.99. The van der Waals surface area contributed by atoms with Crippen molar-refractivity contribution >= 4 is 22.9 Å². The average Bonchev–Trinajstić information content (AvgIpc) is 1.93. The van der Waals surface area contributed by atoms with Crippen molar-refractivity contribution in [2.75, 3.05) is 0 Å². The Hall–Kier alpha value is -0.320. The number of hydrogen-bond donors (Lipinski definition) is 0. The van der Waals surface area contributed by atoms with Crippen LogP contribution in [0.3, 0.4) is 0 Å². The van der Waals surface area contributed by atoms with E-state index >= 15 is 0 Å². The maximum absolute atomic E-state index is 11.1. The number of hydrogen-bond acceptors (Lipinski definition) is 1. The normalized spacial score (nSPS) is 9.90. The molecule has 54 valence electrons. The fourth-order valence-electron chi connectivity index (χ4n) is 0.697. The summed E-state index contributed by atoms with van der Waals surface area (Å²) in [7, 11) is 0. The minimum Gasteiger partial charge on any atom is -0.268 e. The molecule has 1 heterocycles. The quantitative estimate of drug-likeness (QED) is 0.641. The Morgan fingerprint density at radius 2 is 2.00 bits per heavy atom. The second kappa shape index (κ2) is 2.74. The first-order chi connectivity index (χ1) is 4.63. The first kappa shape index (κ1) is 7.78. The van der Waals surface area contributed by atoms with Crippen LogP contribution in [0.25, 0.3) is 0 Å². The van der Waals surface area contributed by atoms with Crippen molar-refractivity contribution in [1.82, 2.24) is 2.78 Å². The van der Waals surface area contributed by atoms with Crippen LogP contribution in [0.4, 0.5) is 0 Å². The monoisotopic (exact) mass is 249 g/mol. The van der Waals surface area contributed by atoms with Crippen molar-refractivity contribution in [3.8, 4) is 0 Å². The smallest absolute Gasteiger partial charge is 0.262 e. The summed E-state index contributed by atoms with van der Waals surface area (Å²) in [6.07, 6.45) is 0. The molecule has 0 amide bonds. The summed E-state index contributed by atoms with van der Waals surface area (Å²) in [4.78, 5) is 11.1. The number of pyridine rings is 1. The lowest BCUT2D eigenvalue weighted by Crippen LogP contribution is -2.15. The van der Waals surface area contributed by atoms with E-state index in [4.69, 9.17) is 0 Å². The number of rotatable bonds is 0. The van der Waals surface area contributed by atoms with E-state index < -0.39 is 0 Å². The highest BCUT2D eigenvalue weighted by Gasteiger charge is 1.97. The molecule has 1 aromatic rings. The van der Waals surface area contributed by atoms with Gasteiger partial charge in [-0.05, 0) is 19.9 Å². The van der Waals surface area contributed by atoms with Crippen LogP contribution in [-0.2, 0) is 0 Å². The third-order valence-corrected chi connectivity index (χ3v) is 2.60. The summed E-state index contributed by atoms with van der Waals surface area (Å²) in [6.45, 7) is 3.73. The van der Waals surface area contributed by atoms with Crippen LogP contribution in [0.5, 0.6) is 0 Å². The SMILES string of the molecule is Cc1ccc(C)n(I)c1=O. The Balaban J connectivity index is 3.50. The molecular formula is C7H8INO. The number of aryl methyl sites for hydroxylation is 2. The molecule has 0 fully saturated rings. The molecule has 0 saturated heterocycles. The van der Waals surface area contributed by atoms with Crippen molar-refractivity contribution < 1.29 is 0 Å². The zero-order valence-electron chi connectivity index (χ0n) is 5.89. The fraction of sp³-hybridized carbons (Fsp3) is 0.286. The lowest BCUT2D eigenvalue weighted by atomic mass is 10.3. The van der Waals surface area contributed by atoms with Gasteiger partial charge in [0.2, 0.25) is 0 Å². The summed E-state index contributed by atoms with van der Waals surface area (Å²) >= 11 is 2.00. The molecule has 1 aromatic heterocycles. The Morgan fingerprint density at radius 1 is 1.40 bits per heavy atom. The van der Waals surface area contributed by atoms with Gasteiger partial charge in [-0.15, -0.1) is 0 Å². The Labute approximate surface area is 73.4 Å². The van der Waals surface area contributed by atoms with Gasteiger partial charge >= 0.3 is 0 Å². The van der Waals surface area contributed by atoms with Crippen molar-refractivity contribution in [1.29, 1.82) is 0 Å². The Morgan fingerprint density at radius 3 is 2.50 bits per heavy atom. The topological polar surface area (TPSA) is 22.0 Å². The van der Waals surface area contributed by atoms with E-state index in [0.717, 1.165) is 11.3 Å². The van der Waals surface area contributed by atoms with Gasteiger partial charge in [-0.2, -0.15) is 0 Å². The summed E-state index contributed by atoms with van der Waals surface area (Å²) in [5.74, 6) is 0. The molecule has 0 radical (unpaired) electrons. The Bertz CT molecular complexity index is 303. The maximum atomic E-state index is 11.1. The minimum atomic E-state index is 0.0839. The van der Waals surface area contributed by atoms with E-state index in [2.05, 4.69) is 0 Å². The van der Waals surface area contributed by atoms with Crippen molar-refractivity contribution in [3.63, 3.8) is 0 Å². The molecule has 0 N–H and O–H groups in total. The van der Waals surface area contributed by atoms with Crippen LogP contribution in [-0.4, -0.2) is 2.78 Å². The van der Waals surface area contributed by atoms with Crippen molar-refractivity contribution in [2.45, 2.75) is 13.8 Å². The number of nitrogens with zero attached hydrogens (tertiary/aromatic N) is 1. The largest absolute Gasteiger partial charge is 0.268 e. The van der Waals surface area contributed by atoms with Crippen LogP contribution in [0.2, 0.25) is 0 Å². The van der Waals surface area contributed by atoms with Gasteiger partial charge in [-0.25, -0.2) is 0 Å². The van der Waals surface area contributed by atoms with Gasteiger partial charge in [0, 0.05) is 11.3 Å². The van der Waals surface area contributed by atoms with Gasteiger partial charge < -0.3 is 0 Å². The summed E-state index contributed by atoms with van der Waals surface area (Å²) < 4.78 is 1.62. The fourth-order valence-corrected chi connectivity index (χ4v) is 1.24. The molecule has 3 heteroatoms. The molecule has 1 rings (SSSR count). The van der Waals surface area contributed by atoms with Crippen molar-refractivity contribution in [3.05, 3.63) is 33.7 Å². The molecule has 0 bridgehead atoms. The van der Waals surface area contributed by atoms with Crippen LogP contribution in [0, 0.1) is 13.8 Å². The highest BCUT2D eigenvalue weighted by atomic mass is 127. The molecule has 0 spiro atoms. The van der Waals surface area contributed by atoms with E-state index in [-0.39, 0.29) is 5.56 Å². The van der Waals surface area contributed by atoms with E-state index in [1.165, 1.54) is 0 Å². The van der Waals surface area contributed by atoms with Gasteiger partial charge in [0.15, 0.2) is 0 Å². The first-order valence-electron chi connectivity index (χ1n) is 2.98. The molecule has 0 aliphatic heterocycles. The van der Waals surface area contributed by atoms with E-state index in [1.807, 2.05) is 48.8 Å². The van der Waals surface area contributed by atoms with Crippen molar-refractivity contribution in [2.24, 2.45) is 0 Å². The molecular weight excluding hydrogens is 241 g/mol. The van der Waals surface area contributed by atoms with Gasteiger partial charge in [0.25, 0.3) is 5.56 Å². The van der Waals surface area contributed by atoms with Crippen LogP contribution in [0.1, 0.15) is 11.3 Å². The van der Waals surface area contributed by atoms with E-state index in [1.54, 1.807) is 2.78 Å². The molecule has 0 aliphatic rings. The number of halogens is 1.